The zero-order valence-electron chi connectivity index (χ0n) is 11.4. The second-order valence-corrected chi connectivity index (χ2v) is 5.37. The molecule has 2 rings (SSSR count). The van der Waals surface area contributed by atoms with Crippen LogP contribution < -0.4 is 5.32 Å². The summed E-state index contributed by atoms with van der Waals surface area (Å²) in [5.41, 5.74) is 2.24. The molecule has 106 valence electrons. The van der Waals surface area contributed by atoms with Crippen LogP contribution in [0.15, 0.2) is 36.4 Å². The van der Waals surface area contributed by atoms with Gasteiger partial charge in [0.2, 0.25) is 0 Å². The van der Waals surface area contributed by atoms with Gasteiger partial charge in [0.1, 0.15) is 11.6 Å². The van der Waals surface area contributed by atoms with E-state index in [1.807, 2.05) is 13.8 Å². The van der Waals surface area contributed by atoms with Crippen molar-refractivity contribution in [3.05, 3.63) is 58.6 Å². The van der Waals surface area contributed by atoms with Gasteiger partial charge in [0.05, 0.1) is 5.02 Å². The van der Waals surface area contributed by atoms with Gasteiger partial charge in [-0.2, -0.15) is 0 Å². The van der Waals surface area contributed by atoms with Crippen LogP contribution in [0.3, 0.4) is 0 Å². The maximum atomic E-state index is 13.5. The fourth-order valence-electron chi connectivity index (χ4n) is 1.98. The van der Waals surface area contributed by atoms with Gasteiger partial charge in [0, 0.05) is 18.2 Å². The Labute approximate surface area is 122 Å². The van der Waals surface area contributed by atoms with Gasteiger partial charge in [-0.15, -0.1) is 0 Å². The third kappa shape index (κ3) is 3.56. The molecule has 0 amide bonds. The van der Waals surface area contributed by atoms with E-state index in [0.29, 0.717) is 23.7 Å². The number of benzene rings is 2. The third-order valence-electron chi connectivity index (χ3n) is 2.99. The minimum Gasteiger partial charge on any atom is -0.310 e. The van der Waals surface area contributed by atoms with Crippen molar-refractivity contribution in [2.75, 3.05) is 0 Å². The number of halogens is 3. The molecule has 20 heavy (non-hydrogen) atoms. The predicted molar refractivity (Wildman–Crippen MR) is 78.8 cm³/mol. The van der Waals surface area contributed by atoms with E-state index in [0.717, 1.165) is 5.56 Å². The highest BCUT2D eigenvalue weighted by molar-refractivity contribution is 6.33. The molecule has 0 aliphatic rings. The topological polar surface area (TPSA) is 12.0 Å². The molecule has 2 aromatic carbocycles. The average molecular weight is 296 g/mol. The molecule has 0 spiro atoms. The smallest absolute Gasteiger partial charge is 0.124 e. The first kappa shape index (κ1) is 14.9. The first-order chi connectivity index (χ1) is 9.47. The summed E-state index contributed by atoms with van der Waals surface area (Å²) < 4.78 is 26.6. The van der Waals surface area contributed by atoms with Crippen molar-refractivity contribution in [2.45, 2.75) is 26.4 Å². The van der Waals surface area contributed by atoms with E-state index in [2.05, 4.69) is 5.32 Å². The van der Waals surface area contributed by atoms with Gasteiger partial charge >= 0.3 is 0 Å². The van der Waals surface area contributed by atoms with Gasteiger partial charge in [-0.3, -0.25) is 0 Å². The van der Waals surface area contributed by atoms with Gasteiger partial charge in [-0.1, -0.05) is 31.5 Å². The zero-order valence-corrected chi connectivity index (χ0v) is 12.1. The molecule has 0 bridgehead atoms. The first-order valence-corrected chi connectivity index (χ1v) is 6.82. The molecule has 1 N–H and O–H groups in total. The molecule has 1 nitrogen and oxygen atoms in total. The van der Waals surface area contributed by atoms with Crippen molar-refractivity contribution in [3.8, 4) is 11.1 Å². The van der Waals surface area contributed by atoms with Crippen molar-refractivity contribution in [1.82, 2.24) is 5.32 Å². The summed E-state index contributed by atoms with van der Waals surface area (Å²) in [6, 6.07) is 9.02. The molecule has 0 saturated carbocycles. The summed E-state index contributed by atoms with van der Waals surface area (Å²) in [6.07, 6.45) is 0. The molecule has 0 saturated heterocycles. The van der Waals surface area contributed by atoms with Crippen LogP contribution in [0.1, 0.15) is 19.4 Å². The van der Waals surface area contributed by atoms with Crippen LogP contribution in [0, 0.1) is 11.6 Å². The molecule has 0 unspecified atom stereocenters. The number of rotatable bonds is 4. The van der Waals surface area contributed by atoms with Crippen molar-refractivity contribution in [3.63, 3.8) is 0 Å². The van der Waals surface area contributed by atoms with Crippen LogP contribution in [0.4, 0.5) is 8.78 Å². The monoisotopic (exact) mass is 295 g/mol. The van der Waals surface area contributed by atoms with Crippen LogP contribution >= 0.6 is 11.6 Å². The highest BCUT2D eigenvalue weighted by Gasteiger charge is 2.11. The zero-order chi connectivity index (χ0) is 14.7. The molecule has 0 radical (unpaired) electrons. The van der Waals surface area contributed by atoms with E-state index >= 15 is 0 Å². The Morgan fingerprint density at radius 2 is 1.65 bits per heavy atom. The summed E-state index contributed by atoms with van der Waals surface area (Å²) in [4.78, 5) is 0. The van der Waals surface area contributed by atoms with E-state index in [1.165, 1.54) is 24.3 Å². The summed E-state index contributed by atoms with van der Waals surface area (Å²) in [6.45, 7) is 4.67. The first-order valence-electron chi connectivity index (χ1n) is 6.44. The summed E-state index contributed by atoms with van der Waals surface area (Å²) in [5, 5.41) is 3.56. The van der Waals surface area contributed by atoms with Gasteiger partial charge < -0.3 is 5.32 Å². The minimum atomic E-state index is -0.406. The highest BCUT2D eigenvalue weighted by atomic mass is 35.5. The lowest BCUT2D eigenvalue weighted by Crippen LogP contribution is -2.22. The van der Waals surface area contributed by atoms with Gasteiger partial charge in [-0.05, 0) is 41.5 Å². The summed E-state index contributed by atoms with van der Waals surface area (Å²) >= 11 is 6.07. The fourth-order valence-corrected chi connectivity index (χ4v) is 2.24. The van der Waals surface area contributed by atoms with Crippen LogP contribution in [-0.4, -0.2) is 6.04 Å². The molecule has 0 aliphatic heterocycles. The minimum absolute atomic E-state index is 0.279. The van der Waals surface area contributed by atoms with Crippen molar-refractivity contribution in [2.24, 2.45) is 0 Å². The van der Waals surface area contributed by atoms with Gasteiger partial charge in [0.25, 0.3) is 0 Å². The highest BCUT2D eigenvalue weighted by Crippen LogP contribution is 2.31. The van der Waals surface area contributed by atoms with E-state index < -0.39 is 5.82 Å². The van der Waals surface area contributed by atoms with E-state index in [4.69, 9.17) is 11.6 Å². The van der Waals surface area contributed by atoms with Crippen molar-refractivity contribution < 1.29 is 8.78 Å². The second kappa shape index (κ2) is 6.33. The van der Waals surface area contributed by atoms with E-state index in [1.54, 1.807) is 12.1 Å². The Hall–Kier alpha value is -1.45. The number of hydrogen-bond donors (Lipinski definition) is 1. The van der Waals surface area contributed by atoms with Crippen molar-refractivity contribution in [1.29, 1.82) is 0 Å². The molecular weight excluding hydrogens is 280 g/mol. The third-order valence-corrected chi connectivity index (χ3v) is 3.31. The molecule has 2 aromatic rings. The largest absolute Gasteiger partial charge is 0.310 e. The standard InChI is InChI=1S/C16H16ClF2N/c1-10(2)20-9-11-3-4-12(18)7-15(11)14-6-5-13(19)8-16(14)17/h3-8,10,20H,9H2,1-2H3. The van der Waals surface area contributed by atoms with Crippen LogP contribution in [0.25, 0.3) is 11.1 Å². The quantitative estimate of drug-likeness (QED) is 0.855. The SMILES string of the molecule is CC(C)NCc1ccc(F)cc1-c1ccc(F)cc1Cl. The van der Waals surface area contributed by atoms with Gasteiger partial charge in [-0.25, -0.2) is 8.78 Å². The molecule has 0 atom stereocenters. The number of hydrogen-bond acceptors (Lipinski definition) is 1. The Morgan fingerprint density at radius 3 is 2.30 bits per heavy atom. The predicted octanol–water partition coefficient (Wildman–Crippen LogP) is 4.78. The maximum Gasteiger partial charge on any atom is 0.124 e. The number of nitrogens with one attached hydrogen (secondary N) is 1. The Balaban J connectivity index is 2.45. The van der Waals surface area contributed by atoms with E-state index in [9.17, 15) is 8.78 Å². The molecule has 0 aliphatic carbocycles. The van der Waals surface area contributed by atoms with Crippen LogP contribution in [0.5, 0.6) is 0 Å². The normalized spacial score (nSPS) is 11.1. The fraction of sp³-hybridized carbons (Fsp3) is 0.250. The Kier molecular flexibility index (Phi) is 4.73. The summed E-state index contributed by atoms with van der Waals surface area (Å²) in [5.74, 6) is -0.745. The lowest BCUT2D eigenvalue weighted by molar-refractivity contribution is 0.587. The molecule has 0 fully saturated rings. The molecular formula is C16H16ClF2N. The molecule has 4 heteroatoms. The van der Waals surface area contributed by atoms with Crippen LogP contribution in [-0.2, 0) is 6.54 Å². The molecule has 0 aromatic heterocycles. The maximum absolute atomic E-state index is 13.5. The second-order valence-electron chi connectivity index (χ2n) is 4.96. The van der Waals surface area contributed by atoms with E-state index in [-0.39, 0.29) is 10.8 Å². The molecule has 0 heterocycles. The van der Waals surface area contributed by atoms with Crippen LogP contribution in [0.2, 0.25) is 5.02 Å². The Bertz CT molecular complexity index is 611. The van der Waals surface area contributed by atoms with Crippen molar-refractivity contribution >= 4 is 11.6 Å². The lowest BCUT2D eigenvalue weighted by Gasteiger charge is -2.14. The Morgan fingerprint density at radius 1 is 1.00 bits per heavy atom. The lowest BCUT2D eigenvalue weighted by atomic mass is 9.99. The van der Waals surface area contributed by atoms with Gasteiger partial charge in [0.15, 0.2) is 0 Å². The average Bonchev–Trinajstić information content (AvgIpc) is 2.37. The summed E-state index contributed by atoms with van der Waals surface area (Å²) in [7, 11) is 0.